The predicted molar refractivity (Wildman–Crippen MR) is 55.0 cm³/mol. The summed E-state index contributed by atoms with van der Waals surface area (Å²) < 4.78 is 5.15. The molecule has 0 bridgehead atoms. The summed E-state index contributed by atoms with van der Waals surface area (Å²) in [5.41, 5.74) is 0. The van der Waals surface area contributed by atoms with Crippen LogP contribution in [0.2, 0.25) is 0 Å². The maximum Gasteiger partial charge on any atom is 0.232 e. The Morgan fingerprint density at radius 1 is 1.50 bits per heavy atom. The van der Waals surface area contributed by atoms with E-state index in [1.807, 2.05) is 4.90 Å². The van der Waals surface area contributed by atoms with Crippen molar-refractivity contribution in [2.45, 2.75) is 6.42 Å². The number of hydrogen-bond acceptors (Lipinski definition) is 4. The van der Waals surface area contributed by atoms with Gasteiger partial charge in [0.05, 0.1) is 25.0 Å². The Labute approximate surface area is 88.2 Å². The van der Waals surface area contributed by atoms with Gasteiger partial charge in [-0.1, -0.05) is 0 Å². The molecule has 1 fully saturated rings. The number of nitrogens with zero attached hydrogens (tertiary/aromatic N) is 2. The minimum Gasteiger partial charge on any atom is -0.378 e. The van der Waals surface area contributed by atoms with E-state index in [0.717, 1.165) is 5.75 Å². The molecule has 0 aliphatic carbocycles. The quantitative estimate of drug-likeness (QED) is 0.639. The van der Waals surface area contributed by atoms with Crippen molar-refractivity contribution in [2.24, 2.45) is 0 Å². The van der Waals surface area contributed by atoms with Crippen LogP contribution in [0.15, 0.2) is 0 Å². The van der Waals surface area contributed by atoms with Crippen LogP contribution in [0, 0.1) is 11.3 Å². The van der Waals surface area contributed by atoms with E-state index in [9.17, 15) is 4.79 Å². The third-order valence-corrected chi connectivity index (χ3v) is 2.89. The second kappa shape index (κ2) is 6.68. The Balaban J connectivity index is 2.11. The largest absolute Gasteiger partial charge is 0.378 e. The summed E-state index contributed by atoms with van der Waals surface area (Å²) in [7, 11) is 0. The molecule has 0 aromatic carbocycles. The molecule has 1 rings (SSSR count). The minimum atomic E-state index is 0.163. The molecule has 1 heterocycles. The second-order valence-corrected chi connectivity index (χ2v) is 4.06. The van der Waals surface area contributed by atoms with Crippen molar-refractivity contribution in [1.82, 2.24) is 4.90 Å². The fourth-order valence-corrected chi connectivity index (χ4v) is 1.92. The van der Waals surface area contributed by atoms with Crippen LogP contribution in [0.25, 0.3) is 0 Å². The second-order valence-electron chi connectivity index (χ2n) is 2.95. The molecular formula is C9H14N2O2S. The lowest BCUT2D eigenvalue weighted by Gasteiger charge is -2.26. The number of thioether (sulfide) groups is 1. The van der Waals surface area contributed by atoms with Crippen LogP contribution >= 0.6 is 11.8 Å². The summed E-state index contributed by atoms with van der Waals surface area (Å²) in [5, 5.41) is 8.30. The van der Waals surface area contributed by atoms with Crippen LogP contribution in [0.3, 0.4) is 0 Å². The molecule has 1 aliphatic heterocycles. The molecule has 14 heavy (non-hydrogen) atoms. The normalized spacial score (nSPS) is 16.4. The van der Waals surface area contributed by atoms with Crippen LogP contribution in [-0.4, -0.2) is 48.6 Å². The monoisotopic (exact) mass is 214 g/mol. The van der Waals surface area contributed by atoms with E-state index in [2.05, 4.69) is 6.07 Å². The summed E-state index contributed by atoms with van der Waals surface area (Å²) in [5.74, 6) is 1.39. The molecule has 4 nitrogen and oxygen atoms in total. The first-order valence-corrected chi connectivity index (χ1v) is 5.80. The summed E-state index contributed by atoms with van der Waals surface area (Å²) in [6, 6.07) is 2.06. The van der Waals surface area contributed by atoms with E-state index in [1.54, 1.807) is 0 Å². The van der Waals surface area contributed by atoms with E-state index in [-0.39, 0.29) is 5.91 Å². The summed E-state index contributed by atoms with van der Waals surface area (Å²) in [6.07, 6.45) is 0.515. The van der Waals surface area contributed by atoms with Crippen molar-refractivity contribution in [1.29, 1.82) is 5.26 Å². The zero-order valence-electron chi connectivity index (χ0n) is 8.07. The van der Waals surface area contributed by atoms with Gasteiger partial charge in [-0.3, -0.25) is 4.79 Å². The van der Waals surface area contributed by atoms with Crippen LogP contribution in [0.1, 0.15) is 6.42 Å². The predicted octanol–water partition coefficient (Wildman–Crippen LogP) is 0.492. The fraction of sp³-hybridized carbons (Fsp3) is 0.778. The van der Waals surface area contributed by atoms with Crippen molar-refractivity contribution in [3.63, 3.8) is 0 Å². The van der Waals surface area contributed by atoms with Crippen molar-refractivity contribution in [2.75, 3.05) is 37.8 Å². The van der Waals surface area contributed by atoms with Gasteiger partial charge in [-0.25, -0.2) is 0 Å². The number of carbonyl (C=O) groups excluding carboxylic acids is 1. The fourth-order valence-electron chi connectivity index (χ4n) is 1.18. The topological polar surface area (TPSA) is 53.3 Å². The highest BCUT2D eigenvalue weighted by Gasteiger charge is 2.15. The Bertz CT molecular complexity index is 221. The standard InChI is InChI=1S/C9H14N2O2S/c10-2-1-7-14-8-9(12)11-3-5-13-6-4-11/h1,3-8H2. The highest BCUT2D eigenvalue weighted by molar-refractivity contribution is 7.99. The van der Waals surface area contributed by atoms with Gasteiger partial charge in [-0.2, -0.15) is 17.0 Å². The molecule has 0 unspecified atom stereocenters. The lowest BCUT2D eigenvalue weighted by Crippen LogP contribution is -2.41. The zero-order chi connectivity index (χ0) is 10.2. The maximum atomic E-state index is 11.5. The smallest absolute Gasteiger partial charge is 0.232 e. The van der Waals surface area contributed by atoms with Gasteiger partial charge >= 0.3 is 0 Å². The van der Waals surface area contributed by atoms with E-state index in [4.69, 9.17) is 10.00 Å². The Morgan fingerprint density at radius 3 is 2.86 bits per heavy atom. The van der Waals surface area contributed by atoms with Crippen molar-refractivity contribution in [3.8, 4) is 6.07 Å². The first-order chi connectivity index (χ1) is 6.84. The number of carbonyl (C=O) groups is 1. The molecule has 1 saturated heterocycles. The third kappa shape index (κ3) is 3.99. The molecule has 0 N–H and O–H groups in total. The molecule has 0 saturated carbocycles. The lowest BCUT2D eigenvalue weighted by molar-refractivity contribution is -0.132. The molecule has 0 aromatic heterocycles. The van der Waals surface area contributed by atoms with Crippen molar-refractivity contribution in [3.05, 3.63) is 0 Å². The van der Waals surface area contributed by atoms with Gasteiger partial charge in [0.2, 0.25) is 5.91 Å². The van der Waals surface area contributed by atoms with Crippen LogP contribution in [0.4, 0.5) is 0 Å². The third-order valence-electron chi connectivity index (χ3n) is 1.95. The van der Waals surface area contributed by atoms with E-state index in [0.29, 0.717) is 38.5 Å². The summed E-state index contributed by atoms with van der Waals surface area (Å²) in [6.45, 7) is 2.71. The van der Waals surface area contributed by atoms with Crippen molar-refractivity contribution >= 4 is 17.7 Å². The number of nitriles is 1. The number of morpholine rings is 1. The summed E-state index contributed by atoms with van der Waals surface area (Å²) in [4.78, 5) is 13.4. The first-order valence-electron chi connectivity index (χ1n) is 4.65. The number of rotatable bonds is 4. The molecule has 0 radical (unpaired) electrons. The van der Waals surface area contributed by atoms with E-state index < -0.39 is 0 Å². The molecule has 0 spiro atoms. The highest BCUT2D eigenvalue weighted by Crippen LogP contribution is 2.05. The Kier molecular flexibility index (Phi) is 5.42. The van der Waals surface area contributed by atoms with Gasteiger partial charge in [-0.05, 0) is 0 Å². The SMILES string of the molecule is N#CCCSCC(=O)N1CCOCC1. The van der Waals surface area contributed by atoms with Crippen LogP contribution < -0.4 is 0 Å². The van der Waals surface area contributed by atoms with E-state index in [1.165, 1.54) is 11.8 Å². The molecule has 0 atom stereocenters. The van der Waals surface area contributed by atoms with Gasteiger partial charge in [0.15, 0.2) is 0 Å². The maximum absolute atomic E-state index is 11.5. The van der Waals surface area contributed by atoms with Crippen LogP contribution in [0.5, 0.6) is 0 Å². The average molecular weight is 214 g/mol. The van der Waals surface area contributed by atoms with Gasteiger partial charge in [0.1, 0.15) is 0 Å². The summed E-state index contributed by atoms with van der Waals surface area (Å²) >= 11 is 1.53. The van der Waals surface area contributed by atoms with Gasteiger partial charge in [-0.15, -0.1) is 0 Å². The van der Waals surface area contributed by atoms with Crippen molar-refractivity contribution < 1.29 is 9.53 Å². The zero-order valence-corrected chi connectivity index (χ0v) is 8.89. The molecule has 1 amide bonds. The minimum absolute atomic E-state index is 0.163. The van der Waals surface area contributed by atoms with Crippen LogP contribution in [-0.2, 0) is 9.53 Å². The molecular weight excluding hydrogens is 200 g/mol. The van der Waals surface area contributed by atoms with Gasteiger partial charge < -0.3 is 9.64 Å². The van der Waals surface area contributed by atoms with E-state index >= 15 is 0 Å². The van der Waals surface area contributed by atoms with Gasteiger partial charge in [0.25, 0.3) is 0 Å². The molecule has 5 heteroatoms. The molecule has 78 valence electrons. The average Bonchev–Trinajstić information content (AvgIpc) is 2.25. The highest BCUT2D eigenvalue weighted by atomic mass is 32.2. The number of ether oxygens (including phenoxy) is 1. The first kappa shape index (κ1) is 11.3. The Morgan fingerprint density at radius 2 is 2.21 bits per heavy atom. The molecule has 0 aromatic rings. The number of amides is 1. The number of hydrogen-bond donors (Lipinski definition) is 0. The lowest BCUT2D eigenvalue weighted by atomic mass is 10.4. The Hall–Kier alpha value is -0.730. The molecule has 1 aliphatic rings. The van der Waals surface area contributed by atoms with Gasteiger partial charge in [0, 0.05) is 25.3 Å².